The molecule has 0 aliphatic carbocycles. The van der Waals surface area contributed by atoms with Crippen molar-refractivity contribution in [3.63, 3.8) is 0 Å². The Hall–Kier alpha value is -1.72. The van der Waals surface area contributed by atoms with Gasteiger partial charge in [-0.05, 0) is 6.92 Å². The zero-order valence-electron chi connectivity index (χ0n) is 9.46. The first-order chi connectivity index (χ1) is 7.45. The van der Waals surface area contributed by atoms with Crippen LogP contribution in [0.4, 0.5) is 0 Å². The molecular weight excluding hydrogens is 224 g/mol. The van der Waals surface area contributed by atoms with E-state index >= 15 is 0 Å². The Morgan fingerprint density at radius 2 is 1.41 bits per heavy atom. The molecule has 0 aliphatic heterocycles. The highest BCUT2D eigenvalue weighted by Crippen LogP contribution is 1.87. The van der Waals surface area contributed by atoms with E-state index in [1.54, 1.807) is 6.92 Å². The Morgan fingerprint density at radius 3 is 1.82 bits per heavy atom. The number of rotatable bonds is 7. The SMILES string of the molecule is C.CCC(=O)CC(=O)NCNC(=O)CC(C)=O. The summed E-state index contributed by atoms with van der Waals surface area (Å²) in [5.41, 5.74) is 0. The quantitative estimate of drug-likeness (QED) is 0.493. The van der Waals surface area contributed by atoms with Gasteiger partial charge in [-0.2, -0.15) is 0 Å². The second-order valence-corrected chi connectivity index (χ2v) is 3.32. The molecular formula is C11H20N2O4. The molecule has 6 nitrogen and oxygen atoms in total. The van der Waals surface area contributed by atoms with Gasteiger partial charge < -0.3 is 10.6 Å². The largest absolute Gasteiger partial charge is 0.338 e. The van der Waals surface area contributed by atoms with Gasteiger partial charge in [0, 0.05) is 6.42 Å². The molecule has 0 radical (unpaired) electrons. The first-order valence-corrected chi connectivity index (χ1v) is 5.00. The maximum absolute atomic E-state index is 11.1. The van der Waals surface area contributed by atoms with Gasteiger partial charge in [-0.1, -0.05) is 14.4 Å². The zero-order valence-corrected chi connectivity index (χ0v) is 9.46. The summed E-state index contributed by atoms with van der Waals surface area (Å²) in [7, 11) is 0. The van der Waals surface area contributed by atoms with E-state index in [0.29, 0.717) is 6.42 Å². The van der Waals surface area contributed by atoms with E-state index in [1.807, 2.05) is 0 Å². The predicted molar refractivity (Wildman–Crippen MR) is 63.1 cm³/mol. The average molecular weight is 244 g/mol. The maximum atomic E-state index is 11.1. The van der Waals surface area contributed by atoms with Crippen LogP contribution < -0.4 is 10.6 Å². The summed E-state index contributed by atoms with van der Waals surface area (Å²) in [6.45, 7) is 2.91. The fourth-order valence-electron chi connectivity index (χ4n) is 0.897. The van der Waals surface area contributed by atoms with Gasteiger partial charge in [-0.3, -0.25) is 19.2 Å². The minimum atomic E-state index is -0.449. The summed E-state index contributed by atoms with van der Waals surface area (Å²) in [5, 5.41) is 4.68. The lowest BCUT2D eigenvalue weighted by atomic mass is 10.2. The lowest BCUT2D eigenvalue weighted by Crippen LogP contribution is -2.38. The Labute approximate surface area is 101 Å². The molecule has 6 heteroatoms. The smallest absolute Gasteiger partial charge is 0.228 e. The fraction of sp³-hybridized carbons (Fsp3) is 0.636. The van der Waals surface area contributed by atoms with Crippen molar-refractivity contribution in [3.8, 4) is 0 Å². The van der Waals surface area contributed by atoms with E-state index in [2.05, 4.69) is 10.6 Å². The molecule has 0 rings (SSSR count). The van der Waals surface area contributed by atoms with E-state index in [9.17, 15) is 19.2 Å². The lowest BCUT2D eigenvalue weighted by molar-refractivity contribution is -0.128. The highest BCUT2D eigenvalue weighted by molar-refractivity contribution is 5.98. The third-order valence-corrected chi connectivity index (χ3v) is 1.73. The van der Waals surface area contributed by atoms with Crippen molar-refractivity contribution in [3.05, 3.63) is 0 Å². The predicted octanol–water partition coefficient (Wildman–Crippen LogP) is 0.161. The van der Waals surface area contributed by atoms with Crippen LogP contribution in [0, 0.1) is 0 Å². The lowest BCUT2D eigenvalue weighted by Gasteiger charge is -2.05. The van der Waals surface area contributed by atoms with Gasteiger partial charge in [0.25, 0.3) is 0 Å². The Balaban J connectivity index is 0. The monoisotopic (exact) mass is 244 g/mol. The Morgan fingerprint density at radius 1 is 0.941 bits per heavy atom. The molecule has 0 spiro atoms. The summed E-state index contributed by atoms with van der Waals surface area (Å²) < 4.78 is 0. The highest BCUT2D eigenvalue weighted by Gasteiger charge is 2.08. The van der Waals surface area contributed by atoms with E-state index in [-0.39, 0.29) is 38.5 Å². The van der Waals surface area contributed by atoms with Gasteiger partial charge in [-0.15, -0.1) is 0 Å². The third kappa shape index (κ3) is 10.6. The number of carbonyl (C=O) groups excluding carboxylic acids is 4. The van der Waals surface area contributed by atoms with Gasteiger partial charge in [0.05, 0.1) is 19.5 Å². The van der Waals surface area contributed by atoms with E-state index in [1.165, 1.54) is 6.92 Å². The van der Waals surface area contributed by atoms with Gasteiger partial charge in [0.2, 0.25) is 11.8 Å². The van der Waals surface area contributed by atoms with Gasteiger partial charge in [-0.25, -0.2) is 0 Å². The van der Waals surface area contributed by atoms with Crippen LogP contribution in [0.2, 0.25) is 0 Å². The zero-order chi connectivity index (χ0) is 12.6. The molecule has 0 fully saturated rings. The summed E-state index contributed by atoms with van der Waals surface area (Å²) in [6, 6.07) is 0. The summed E-state index contributed by atoms with van der Waals surface area (Å²) >= 11 is 0. The van der Waals surface area contributed by atoms with Crippen LogP contribution in [-0.2, 0) is 19.2 Å². The number of carbonyl (C=O) groups is 4. The third-order valence-electron chi connectivity index (χ3n) is 1.73. The van der Waals surface area contributed by atoms with Crippen LogP contribution in [0.3, 0.4) is 0 Å². The molecule has 0 bridgehead atoms. The first-order valence-electron chi connectivity index (χ1n) is 5.00. The van der Waals surface area contributed by atoms with Crippen molar-refractivity contribution >= 4 is 23.4 Å². The van der Waals surface area contributed by atoms with Crippen LogP contribution in [-0.4, -0.2) is 30.0 Å². The van der Waals surface area contributed by atoms with Crippen molar-refractivity contribution in [2.45, 2.75) is 40.5 Å². The number of Topliss-reactive ketones (excluding diaryl/α,β-unsaturated/α-hetero) is 2. The van der Waals surface area contributed by atoms with Crippen molar-refractivity contribution in [2.24, 2.45) is 0 Å². The van der Waals surface area contributed by atoms with Crippen LogP contribution in [0.25, 0.3) is 0 Å². The number of nitrogens with one attached hydrogen (secondary N) is 2. The van der Waals surface area contributed by atoms with Crippen LogP contribution in [0.1, 0.15) is 40.5 Å². The topological polar surface area (TPSA) is 92.3 Å². The van der Waals surface area contributed by atoms with Crippen LogP contribution in [0.5, 0.6) is 0 Å². The number of hydrogen-bond donors (Lipinski definition) is 2. The second kappa shape index (κ2) is 9.50. The van der Waals surface area contributed by atoms with Crippen molar-refractivity contribution in [1.82, 2.24) is 10.6 Å². The fourth-order valence-corrected chi connectivity index (χ4v) is 0.897. The molecule has 0 heterocycles. The molecule has 0 saturated carbocycles. The van der Waals surface area contributed by atoms with Crippen LogP contribution in [0.15, 0.2) is 0 Å². The van der Waals surface area contributed by atoms with Crippen molar-refractivity contribution < 1.29 is 19.2 Å². The molecule has 0 atom stereocenters. The second-order valence-electron chi connectivity index (χ2n) is 3.32. The summed E-state index contributed by atoms with van der Waals surface area (Å²) in [5.74, 6) is -1.29. The molecule has 2 amide bonds. The van der Waals surface area contributed by atoms with Crippen molar-refractivity contribution in [1.29, 1.82) is 0 Å². The molecule has 0 aromatic heterocycles. The van der Waals surface area contributed by atoms with Gasteiger partial charge in [0.15, 0.2) is 0 Å². The molecule has 0 aliphatic rings. The molecule has 17 heavy (non-hydrogen) atoms. The van der Waals surface area contributed by atoms with E-state index < -0.39 is 11.8 Å². The molecule has 2 N–H and O–H groups in total. The minimum absolute atomic E-state index is 0. The van der Waals surface area contributed by atoms with Crippen molar-refractivity contribution in [2.75, 3.05) is 6.67 Å². The molecule has 0 unspecified atom stereocenters. The Bertz CT molecular complexity index is 300. The summed E-state index contributed by atoms with van der Waals surface area (Å²) in [4.78, 5) is 43.4. The molecule has 0 saturated heterocycles. The molecule has 0 aromatic rings. The number of hydrogen-bond acceptors (Lipinski definition) is 4. The minimum Gasteiger partial charge on any atom is -0.338 e. The maximum Gasteiger partial charge on any atom is 0.228 e. The summed E-state index contributed by atoms with van der Waals surface area (Å²) in [6.07, 6.45) is -0.0764. The number of ketones is 2. The average Bonchev–Trinajstić information content (AvgIpc) is 2.16. The number of amides is 2. The molecule has 0 aromatic carbocycles. The van der Waals surface area contributed by atoms with E-state index in [0.717, 1.165) is 0 Å². The normalized spacial score (nSPS) is 8.82. The Kier molecular flexibility index (Phi) is 9.88. The van der Waals surface area contributed by atoms with E-state index in [4.69, 9.17) is 0 Å². The van der Waals surface area contributed by atoms with Gasteiger partial charge >= 0.3 is 0 Å². The first kappa shape index (κ1) is 17.7. The van der Waals surface area contributed by atoms with Gasteiger partial charge in [0.1, 0.15) is 11.6 Å². The molecule has 98 valence electrons. The standard InChI is InChI=1S/C10H16N2O4.CH4/c1-3-8(14)5-10(16)12-6-11-9(15)4-7(2)13;/h3-6H2,1-2H3,(H,11,15)(H,12,16);1H4. The highest BCUT2D eigenvalue weighted by atomic mass is 16.2. The van der Waals surface area contributed by atoms with Crippen LogP contribution >= 0.6 is 0 Å².